The Bertz CT molecular complexity index is 275. The van der Waals surface area contributed by atoms with Crippen molar-refractivity contribution in [3.05, 3.63) is 29.8 Å². The molecule has 0 spiro atoms. The second-order valence-electron chi connectivity index (χ2n) is 2.10. The molecule has 0 saturated heterocycles. The molecule has 60 valence electrons. The molecule has 0 bridgehead atoms. The lowest BCUT2D eigenvalue weighted by molar-refractivity contribution is 0.367. The maximum Gasteiger partial charge on any atom is 0.206 e. The number of hydrogen-bond donors (Lipinski definition) is 1. The summed E-state index contributed by atoms with van der Waals surface area (Å²) in [7, 11) is 0. The summed E-state index contributed by atoms with van der Waals surface area (Å²) in [6.45, 7) is 1.85. The Morgan fingerprint density at radius 3 is 2.64 bits per heavy atom. The lowest BCUT2D eigenvalue weighted by Gasteiger charge is -2.00. The Morgan fingerprint density at radius 2 is 2.09 bits per heavy atom. The minimum absolute atomic E-state index is 0.620. The van der Waals surface area contributed by atoms with Crippen LogP contribution in [0.25, 0.3) is 0 Å². The van der Waals surface area contributed by atoms with E-state index in [1.807, 2.05) is 19.1 Å². The van der Waals surface area contributed by atoms with Crippen LogP contribution in [0.2, 0.25) is 0 Å². The van der Waals surface area contributed by atoms with Gasteiger partial charge >= 0.3 is 0 Å². The average Bonchev–Trinajstić information content (AvgIpc) is 2.04. The largest absolute Gasteiger partial charge is 0.223 e. The van der Waals surface area contributed by atoms with Gasteiger partial charge in [-0.3, -0.25) is 0 Å². The van der Waals surface area contributed by atoms with Gasteiger partial charge in [0, 0.05) is 0 Å². The zero-order valence-corrected chi connectivity index (χ0v) is 6.93. The van der Waals surface area contributed by atoms with Crippen molar-refractivity contribution < 1.29 is 8.49 Å². The molecule has 3 nitrogen and oxygen atoms in total. The minimum atomic E-state index is -1.52. The molecular formula is C7H9NO2S. The highest BCUT2D eigenvalue weighted by molar-refractivity contribution is 7.80. The highest BCUT2D eigenvalue weighted by Gasteiger charge is 2.04. The molecule has 1 atom stereocenters. The van der Waals surface area contributed by atoms with Gasteiger partial charge < -0.3 is 0 Å². The highest BCUT2D eigenvalue weighted by Crippen LogP contribution is 2.11. The zero-order chi connectivity index (χ0) is 8.27. The molecule has 0 aromatic heterocycles. The smallest absolute Gasteiger partial charge is 0.206 e. The molecule has 1 rings (SSSR count). The third kappa shape index (κ3) is 1.86. The number of hydrogen-bond acceptors (Lipinski definition) is 3. The first-order chi connectivity index (χ1) is 5.25. The Kier molecular flexibility index (Phi) is 2.76. The maximum atomic E-state index is 11.0. The van der Waals surface area contributed by atoms with E-state index in [0.717, 1.165) is 5.56 Å². The fourth-order valence-corrected chi connectivity index (χ4v) is 1.42. The first kappa shape index (κ1) is 8.39. The summed E-state index contributed by atoms with van der Waals surface area (Å²) in [5, 5.41) is 0. The lowest BCUT2D eigenvalue weighted by Crippen LogP contribution is -2.04. The van der Waals surface area contributed by atoms with Gasteiger partial charge in [0.15, 0.2) is 0 Å². The fourth-order valence-electron chi connectivity index (χ4n) is 0.795. The second-order valence-corrected chi connectivity index (χ2v) is 3.20. The molecule has 0 aliphatic heterocycles. The summed E-state index contributed by atoms with van der Waals surface area (Å²) in [6.07, 6.45) is 0. The van der Waals surface area contributed by atoms with Crippen LogP contribution < -0.4 is 5.90 Å². The van der Waals surface area contributed by atoms with Crippen LogP contribution in [0, 0.1) is 6.92 Å². The van der Waals surface area contributed by atoms with Crippen LogP contribution in [0.4, 0.5) is 0 Å². The topological polar surface area (TPSA) is 52.3 Å². The van der Waals surface area contributed by atoms with Gasteiger partial charge in [0.1, 0.15) is 0 Å². The van der Waals surface area contributed by atoms with Crippen molar-refractivity contribution in [2.75, 3.05) is 0 Å². The Balaban J connectivity index is 3.03. The minimum Gasteiger partial charge on any atom is -0.223 e. The molecule has 0 fully saturated rings. The monoisotopic (exact) mass is 171 g/mol. The Hall–Kier alpha value is -0.710. The number of aryl methyl sites for hydroxylation is 1. The van der Waals surface area contributed by atoms with Gasteiger partial charge in [-0.1, -0.05) is 18.2 Å². The fraction of sp³-hybridized carbons (Fsp3) is 0.143. The molecule has 0 aliphatic carbocycles. The first-order valence-corrected chi connectivity index (χ1v) is 4.18. The summed E-state index contributed by atoms with van der Waals surface area (Å²) < 4.78 is 15.2. The zero-order valence-electron chi connectivity index (χ0n) is 6.11. The van der Waals surface area contributed by atoms with Gasteiger partial charge in [0.2, 0.25) is 11.1 Å². The maximum absolute atomic E-state index is 11.0. The molecule has 0 saturated carbocycles. The number of benzene rings is 1. The molecule has 0 amide bonds. The van der Waals surface area contributed by atoms with Crippen LogP contribution in [0.5, 0.6) is 0 Å². The van der Waals surface area contributed by atoms with Gasteiger partial charge in [-0.25, -0.2) is 4.21 Å². The molecular weight excluding hydrogens is 162 g/mol. The quantitative estimate of drug-likeness (QED) is 0.673. The SMILES string of the molecule is Cc1ccccc1S(=O)ON. The lowest BCUT2D eigenvalue weighted by atomic mass is 10.2. The molecule has 1 aromatic rings. The molecule has 11 heavy (non-hydrogen) atoms. The van der Waals surface area contributed by atoms with Crippen molar-refractivity contribution in [1.29, 1.82) is 0 Å². The van der Waals surface area contributed by atoms with E-state index < -0.39 is 11.1 Å². The predicted octanol–water partition coefficient (Wildman–Crippen LogP) is 0.908. The van der Waals surface area contributed by atoms with Gasteiger partial charge in [0.05, 0.1) is 4.90 Å². The third-order valence-corrected chi connectivity index (χ3v) is 2.35. The number of rotatable bonds is 2. The summed E-state index contributed by atoms with van der Waals surface area (Å²) in [6, 6.07) is 7.23. The molecule has 0 heterocycles. The van der Waals surface area contributed by atoms with E-state index in [-0.39, 0.29) is 0 Å². The second kappa shape index (κ2) is 3.61. The third-order valence-electron chi connectivity index (χ3n) is 1.36. The average molecular weight is 171 g/mol. The van der Waals surface area contributed by atoms with Gasteiger partial charge in [-0.05, 0) is 18.6 Å². The molecule has 2 N–H and O–H groups in total. The summed E-state index contributed by atoms with van der Waals surface area (Å²) >= 11 is -1.52. The van der Waals surface area contributed by atoms with Crippen molar-refractivity contribution in [2.24, 2.45) is 5.90 Å². The van der Waals surface area contributed by atoms with E-state index >= 15 is 0 Å². The van der Waals surface area contributed by atoms with Crippen molar-refractivity contribution in [1.82, 2.24) is 0 Å². The molecule has 1 aromatic carbocycles. The Labute approximate surface area is 67.8 Å². The van der Waals surface area contributed by atoms with E-state index in [0.29, 0.717) is 4.90 Å². The predicted molar refractivity (Wildman–Crippen MR) is 42.9 cm³/mol. The normalized spacial score (nSPS) is 12.9. The molecule has 4 heteroatoms. The van der Waals surface area contributed by atoms with Crippen LogP contribution >= 0.6 is 0 Å². The van der Waals surface area contributed by atoms with Crippen LogP contribution in [-0.2, 0) is 15.4 Å². The van der Waals surface area contributed by atoms with Crippen molar-refractivity contribution in [2.45, 2.75) is 11.8 Å². The highest BCUT2D eigenvalue weighted by atomic mass is 32.2. The van der Waals surface area contributed by atoms with Crippen LogP contribution in [-0.4, -0.2) is 4.21 Å². The van der Waals surface area contributed by atoms with Crippen LogP contribution in [0.3, 0.4) is 0 Å². The summed E-state index contributed by atoms with van der Waals surface area (Å²) in [5.74, 6) is 4.77. The van der Waals surface area contributed by atoms with Gasteiger partial charge in [-0.2, -0.15) is 10.2 Å². The molecule has 0 radical (unpaired) electrons. The van der Waals surface area contributed by atoms with E-state index in [4.69, 9.17) is 5.90 Å². The van der Waals surface area contributed by atoms with Gasteiger partial charge in [0.25, 0.3) is 0 Å². The van der Waals surface area contributed by atoms with Crippen LogP contribution in [0.1, 0.15) is 5.56 Å². The standard InChI is InChI=1S/C7H9NO2S/c1-6-4-2-3-5-7(6)11(9)10-8/h2-5H,8H2,1H3. The van der Waals surface area contributed by atoms with E-state index in [1.165, 1.54) is 0 Å². The first-order valence-electron chi connectivity index (χ1n) is 3.10. The van der Waals surface area contributed by atoms with E-state index in [1.54, 1.807) is 12.1 Å². The molecule has 1 unspecified atom stereocenters. The molecule has 0 aliphatic rings. The van der Waals surface area contributed by atoms with Crippen molar-refractivity contribution in [3.8, 4) is 0 Å². The number of nitrogens with two attached hydrogens (primary N) is 1. The van der Waals surface area contributed by atoms with Crippen molar-refractivity contribution in [3.63, 3.8) is 0 Å². The van der Waals surface area contributed by atoms with Crippen molar-refractivity contribution >= 4 is 11.1 Å². The Morgan fingerprint density at radius 1 is 1.45 bits per heavy atom. The van der Waals surface area contributed by atoms with E-state index in [2.05, 4.69) is 4.28 Å². The van der Waals surface area contributed by atoms with Gasteiger partial charge in [-0.15, -0.1) is 0 Å². The van der Waals surface area contributed by atoms with E-state index in [9.17, 15) is 4.21 Å². The summed E-state index contributed by atoms with van der Waals surface area (Å²) in [4.78, 5) is 0.620. The summed E-state index contributed by atoms with van der Waals surface area (Å²) in [5.41, 5.74) is 0.913. The van der Waals surface area contributed by atoms with Crippen LogP contribution in [0.15, 0.2) is 29.2 Å².